The number of nitrogens with one attached hydrogen (secondary N) is 1. The van der Waals surface area contributed by atoms with Gasteiger partial charge in [-0.15, -0.1) is 0 Å². The zero-order valence-electron chi connectivity index (χ0n) is 17.2. The molecular weight excluding hydrogens is 340 g/mol. The lowest BCUT2D eigenvalue weighted by molar-refractivity contribution is -0.159. The van der Waals surface area contributed by atoms with Gasteiger partial charge in [-0.05, 0) is 73.5 Å². The summed E-state index contributed by atoms with van der Waals surface area (Å²) in [7, 11) is 2.01. The van der Waals surface area contributed by atoms with Crippen LogP contribution in [0.25, 0.3) is 0 Å². The number of nitrogens with zero attached hydrogens (tertiary/aromatic N) is 1. The van der Waals surface area contributed by atoms with E-state index in [1.54, 1.807) is 0 Å². The lowest BCUT2D eigenvalue weighted by Gasteiger charge is -2.61. The highest BCUT2D eigenvalue weighted by atomic mass is 16.3. The van der Waals surface area contributed by atoms with Gasteiger partial charge >= 0.3 is 0 Å². The Hall–Kier alpha value is -1.10. The molecule has 27 heavy (non-hydrogen) atoms. The third kappa shape index (κ3) is 2.75. The third-order valence-corrected chi connectivity index (χ3v) is 9.28. The molecular formula is C22H36N2O3. The van der Waals surface area contributed by atoms with Crippen LogP contribution in [0.2, 0.25) is 0 Å². The Balaban J connectivity index is 1.56. The number of fused-ring (bicyclic) bond motifs is 5. The van der Waals surface area contributed by atoms with Crippen LogP contribution >= 0.6 is 0 Å². The van der Waals surface area contributed by atoms with Gasteiger partial charge < -0.3 is 15.3 Å². The SMILES string of the molecule is CN1C(=O)CC[C@]2(C)[C@H]3CC[C@]4(C)[C@@H](C(=O)NCCO)CC[C@H]4[C@@H]3CC[C@@H]12. The molecule has 0 radical (unpaired) electrons. The lowest BCUT2D eigenvalue weighted by atomic mass is 9.47. The molecule has 3 aliphatic carbocycles. The molecule has 0 aromatic carbocycles. The molecule has 152 valence electrons. The van der Waals surface area contributed by atoms with Crippen molar-refractivity contribution in [2.24, 2.45) is 34.5 Å². The molecule has 1 saturated heterocycles. The Bertz CT molecular complexity index is 623. The number of aliphatic hydroxyl groups excluding tert-OH is 1. The van der Waals surface area contributed by atoms with Gasteiger partial charge in [0.1, 0.15) is 0 Å². The van der Waals surface area contributed by atoms with Crippen molar-refractivity contribution in [1.29, 1.82) is 0 Å². The molecule has 0 spiro atoms. The fraction of sp³-hybridized carbons (Fsp3) is 0.909. The first-order valence-electron chi connectivity index (χ1n) is 11.0. The summed E-state index contributed by atoms with van der Waals surface area (Å²) in [4.78, 5) is 27.0. The predicted octanol–water partition coefficient (Wildman–Crippen LogP) is 2.57. The summed E-state index contributed by atoms with van der Waals surface area (Å²) >= 11 is 0. The maximum Gasteiger partial charge on any atom is 0.223 e. The predicted molar refractivity (Wildman–Crippen MR) is 104 cm³/mol. The van der Waals surface area contributed by atoms with Gasteiger partial charge in [0.25, 0.3) is 0 Å². The number of rotatable bonds is 3. The molecule has 0 unspecified atom stereocenters. The molecule has 0 bridgehead atoms. The van der Waals surface area contributed by atoms with Crippen LogP contribution in [0.1, 0.15) is 65.2 Å². The van der Waals surface area contributed by atoms with Crippen LogP contribution in [-0.2, 0) is 9.59 Å². The second-order valence-electron chi connectivity index (χ2n) is 10.2. The molecule has 5 nitrogen and oxygen atoms in total. The quantitative estimate of drug-likeness (QED) is 0.795. The Kier molecular flexibility index (Phi) is 4.81. The minimum atomic E-state index is 0.00921. The molecule has 0 aromatic rings. The maximum absolute atomic E-state index is 12.7. The number of amides is 2. The van der Waals surface area contributed by atoms with E-state index in [0.29, 0.717) is 42.7 Å². The average molecular weight is 377 g/mol. The van der Waals surface area contributed by atoms with E-state index in [-0.39, 0.29) is 29.3 Å². The number of likely N-dealkylation sites (tertiary alicyclic amines) is 1. The van der Waals surface area contributed by atoms with Gasteiger partial charge in [0, 0.05) is 32.0 Å². The van der Waals surface area contributed by atoms with E-state index < -0.39 is 0 Å². The topological polar surface area (TPSA) is 69.6 Å². The molecule has 4 rings (SSSR count). The Morgan fingerprint density at radius 1 is 1.11 bits per heavy atom. The van der Waals surface area contributed by atoms with Crippen molar-refractivity contribution in [2.75, 3.05) is 20.2 Å². The molecule has 2 N–H and O–H groups in total. The van der Waals surface area contributed by atoms with Crippen LogP contribution in [0.5, 0.6) is 0 Å². The number of aliphatic hydroxyl groups is 1. The van der Waals surface area contributed by atoms with Gasteiger partial charge in [-0.25, -0.2) is 0 Å². The van der Waals surface area contributed by atoms with E-state index in [4.69, 9.17) is 5.11 Å². The van der Waals surface area contributed by atoms with E-state index in [1.807, 2.05) is 11.9 Å². The standard InChI is InChI=1S/C22H36N2O3/c1-21-10-8-16-14(15(21)5-6-17(21)20(27)23-12-13-25)4-7-18-22(16,2)11-9-19(26)24(18)3/h14-18,25H,4-13H2,1-3H3,(H,23,27)/t14-,15-,16-,17+,18+,21-,22+/m0/s1. The number of piperidine rings is 1. The van der Waals surface area contributed by atoms with Crippen molar-refractivity contribution in [1.82, 2.24) is 10.2 Å². The zero-order chi connectivity index (χ0) is 19.4. The minimum Gasteiger partial charge on any atom is -0.395 e. The highest BCUT2D eigenvalue weighted by Gasteiger charge is 2.62. The summed E-state index contributed by atoms with van der Waals surface area (Å²) in [5.41, 5.74) is 0.338. The molecule has 7 atom stereocenters. The van der Waals surface area contributed by atoms with Gasteiger partial charge in [0.2, 0.25) is 11.8 Å². The van der Waals surface area contributed by atoms with Gasteiger partial charge in [0.15, 0.2) is 0 Å². The zero-order valence-corrected chi connectivity index (χ0v) is 17.2. The molecule has 4 aliphatic rings. The van der Waals surface area contributed by atoms with Crippen LogP contribution in [0.15, 0.2) is 0 Å². The first kappa shape index (κ1) is 19.2. The molecule has 1 aliphatic heterocycles. The van der Waals surface area contributed by atoms with E-state index in [1.165, 1.54) is 12.8 Å². The molecule has 5 heteroatoms. The average Bonchev–Trinajstić information content (AvgIpc) is 3.00. The maximum atomic E-state index is 12.7. The molecule has 4 fully saturated rings. The Morgan fingerprint density at radius 2 is 1.85 bits per heavy atom. The van der Waals surface area contributed by atoms with E-state index in [9.17, 15) is 9.59 Å². The summed E-state index contributed by atoms with van der Waals surface area (Å²) in [6, 6.07) is 0.398. The van der Waals surface area contributed by atoms with E-state index in [0.717, 1.165) is 32.1 Å². The Labute approximate surface area is 163 Å². The number of carbonyl (C=O) groups excluding carboxylic acids is 2. The van der Waals surface area contributed by atoms with Crippen LogP contribution in [0.3, 0.4) is 0 Å². The number of hydrogen-bond acceptors (Lipinski definition) is 3. The van der Waals surface area contributed by atoms with Gasteiger partial charge in [-0.2, -0.15) is 0 Å². The third-order valence-electron chi connectivity index (χ3n) is 9.28. The molecule has 1 heterocycles. The Morgan fingerprint density at radius 3 is 2.59 bits per heavy atom. The minimum absolute atomic E-state index is 0.00921. The fourth-order valence-corrected chi connectivity index (χ4v) is 7.88. The van der Waals surface area contributed by atoms with E-state index in [2.05, 4.69) is 19.2 Å². The van der Waals surface area contributed by atoms with E-state index >= 15 is 0 Å². The van der Waals surface area contributed by atoms with Crippen LogP contribution < -0.4 is 5.32 Å². The summed E-state index contributed by atoms with van der Waals surface area (Å²) in [5, 5.41) is 12.0. The highest BCUT2D eigenvalue weighted by molar-refractivity contribution is 5.80. The van der Waals surface area contributed by atoms with Crippen molar-refractivity contribution in [3.8, 4) is 0 Å². The summed E-state index contributed by atoms with van der Waals surface area (Å²) in [5.74, 6) is 2.57. The lowest BCUT2D eigenvalue weighted by Crippen LogP contribution is -2.61. The van der Waals surface area contributed by atoms with Crippen LogP contribution in [0.4, 0.5) is 0 Å². The van der Waals surface area contributed by atoms with Crippen LogP contribution in [-0.4, -0.2) is 48.1 Å². The highest BCUT2D eigenvalue weighted by Crippen LogP contribution is 2.66. The van der Waals surface area contributed by atoms with Gasteiger partial charge in [-0.1, -0.05) is 13.8 Å². The first-order valence-corrected chi connectivity index (χ1v) is 11.0. The van der Waals surface area contributed by atoms with Crippen molar-refractivity contribution >= 4 is 11.8 Å². The van der Waals surface area contributed by atoms with Gasteiger partial charge in [0.05, 0.1) is 6.61 Å². The normalized spacial score (nSPS) is 46.4. The summed E-state index contributed by atoms with van der Waals surface area (Å²) in [6.07, 6.45) is 8.51. The van der Waals surface area contributed by atoms with Gasteiger partial charge in [-0.3, -0.25) is 9.59 Å². The van der Waals surface area contributed by atoms with Crippen molar-refractivity contribution in [3.63, 3.8) is 0 Å². The molecule has 3 saturated carbocycles. The fourth-order valence-electron chi connectivity index (χ4n) is 7.88. The van der Waals surface area contributed by atoms with Crippen molar-refractivity contribution in [3.05, 3.63) is 0 Å². The monoisotopic (exact) mass is 376 g/mol. The van der Waals surface area contributed by atoms with Crippen molar-refractivity contribution < 1.29 is 14.7 Å². The largest absolute Gasteiger partial charge is 0.395 e. The van der Waals surface area contributed by atoms with Crippen molar-refractivity contribution in [2.45, 2.75) is 71.3 Å². The summed E-state index contributed by atoms with van der Waals surface area (Å²) < 4.78 is 0. The number of hydrogen-bond donors (Lipinski definition) is 2. The smallest absolute Gasteiger partial charge is 0.223 e. The molecule has 2 amide bonds. The second-order valence-corrected chi connectivity index (χ2v) is 10.2. The summed E-state index contributed by atoms with van der Waals surface area (Å²) in [6.45, 7) is 5.17. The first-order chi connectivity index (χ1) is 12.8. The second kappa shape index (κ2) is 6.75. The molecule has 0 aromatic heterocycles. The number of carbonyl (C=O) groups is 2. The van der Waals surface area contributed by atoms with Crippen LogP contribution in [0, 0.1) is 34.5 Å².